The van der Waals surface area contributed by atoms with Crippen LogP contribution in [0.4, 0.5) is 0 Å². The summed E-state index contributed by atoms with van der Waals surface area (Å²) in [6.07, 6.45) is 2.11. The van der Waals surface area contributed by atoms with Crippen LogP contribution < -0.4 is 5.73 Å². The van der Waals surface area contributed by atoms with Gasteiger partial charge in [0.15, 0.2) is 0 Å². The number of primary amides is 1. The van der Waals surface area contributed by atoms with Crippen molar-refractivity contribution in [3.63, 3.8) is 0 Å². The van der Waals surface area contributed by atoms with Gasteiger partial charge in [0, 0.05) is 31.4 Å². The Balaban J connectivity index is 2.52. The van der Waals surface area contributed by atoms with E-state index in [1.807, 2.05) is 13.0 Å². The monoisotopic (exact) mass is 235 g/mol. The quantitative estimate of drug-likeness (QED) is 0.772. The molecule has 0 aliphatic rings. The van der Waals surface area contributed by atoms with Crippen molar-refractivity contribution in [2.75, 3.05) is 13.1 Å². The van der Waals surface area contributed by atoms with Gasteiger partial charge in [-0.15, -0.1) is 0 Å². The number of nitrogens with zero attached hydrogens (tertiary/aromatic N) is 2. The van der Waals surface area contributed by atoms with E-state index in [2.05, 4.69) is 4.98 Å². The number of carbonyl (C=O) groups is 2. The van der Waals surface area contributed by atoms with Crippen molar-refractivity contribution >= 4 is 11.8 Å². The van der Waals surface area contributed by atoms with Gasteiger partial charge in [-0.05, 0) is 19.1 Å². The lowest BCUT2D eigenvalue weighted by molar-refractivity contribution is -0.130. The summed E-state index contributed by atoms with van der Waals surface area (Å²) in [6, 6.07) is 5.45. The highest BCUT2D eigenvalue weighted by molar-refractivity contribution is 5.79. The highest BCUT2D eigenvalue weighted by Crippen LogP contribution is 2.00. The number of nitrogens with two attached hydrogens (primary N) is 1. The van der Waals surface area contributed by atoms with Crippen molar-refractivity contribution in [2.24, 2.45) is 5.73 Å². The number of hydrogen-bond donors (Lipinski definition) is 1. The molecule has 0 atom stereocenters. The Bertz CT molecular complexity index is 379. The molecule has 0 radical (unpaired) electrons. The van der Waals surface area contributed by atoms with E-state index in [0.29, 0.717) is 13.1 Å². The highest BCUT2D eigenvalue weighted by atomic mass is 16.2. The Morgan fingerprint density at radius 3 is 2.71 bits per heavy atom. The van der Waals surface area contributed by atoms with Gasteiger partial charge >= 0.3 is 0 Å². The number of rotatable bonds is 6. The number of carbonyl (C=O) groups excluding carboxylic acids is 2. The van der Waals surface area contributed by atoms with Gasteiger partial charge < -0.3 is 10.6 Å². The molecule has 1 heterocycles. The summed E-state index contributed by atoms with van der Waals surface area (Å²) in [6.45, 7) is 2.81. The van der Waals surface area contributed by atoms with Crippen molar-refractivity contribution in [2.45, 2.75) is 19.8 Å². The third-order valence-electron chi connectivity index (χ3n) is 2.42. The highest BCUT2D eigenvalue weighted by Gasteiger charge is 2.13. The third-order valence-corrected chi connectivity index (χ3v) is 2.42. The molecule has 0 saturated heterocycles. The van der Waals surface area contributed by atoms with Crippen molar-refractivity contribution in [1.82, 2.24) is 9.88 Å². The molecule has 2 amide bonds. The first-order chi connectivity index (χ1) is 8.13. The van der Waals surface area contributed by atoms with Gasteiger partial charge in [0.25, 0.3) is 0 Å². The van der Waals surface area contributed by atoms with Gasteiger partial charge in [-0.25, -0.2) is 0 Å². The van der Waals surface area contributed by atoms with Crippen molar-refractivity contribution in [1.29, 1.82) is 0 Å². The normalized spacial score (nSPS) is 9.94. The van der Waals surface area contributed by atoms with Gasteiger partial charge in [0.2, 0.25) is 11.8 Å². The van der Waals surface area contributed by atoms with E-state index in [-0.39, 0.29) is 18.7 Å². The summed E-state index contributed by atoms with van der Waals surface area (Å²) in [4.78, 5) is 28.3. The van der Waals surface area contributed by atoms with Crippen LogP contribution in [0, 0.1) is 0 Å². The number of amides is 2. The first-order valence-electron chi connectivity index (χ1n) is 5.59. The maximum absolute atomic E-state index is 11.9. The molecular formula is C12H17N3O2. The minimum absolute atomic E-state index is 0.0348. The molecule has 92 valence electrons. The molecule has 1 rings (SSSR count). The van der Waals surface area contributed by atoms with Crippen LogP contribution in [0.5, 0.6) is 0 Å². The van der Waals surface area contributed by atoms with Crippen LogP contribution in [0.3, 0.4) is 0 Å². The molecule has 5 nitrogen and oxygen atoms in total. The van der Waals surface area contributed by atoms with Crippen molar-refractivity contribution < 1.29 is 9.59 Å². The van der Waals surface area contributed by atoms with Gasteiger partial charge in [0.05, 0.1) is 6.42 Å². The zero-order valence-corrected chi connectivity index (χ0v) is 9.93. The van der Waals surface area contributed by atoms with Crippen LogP contribution in [0.15, 0.2) is 24.4 Å². The number of hydrogen-bond acceptors (Lipinski definition) is 3. The van der Waals surface area contributed by atoms with Crippen LogP contribution in [0.1, 0.15) is 19.0 Å². The molecule has 0 saturated carbocycles. The second-order valence-corrected chi connectivity index (χ2v) is 3.69. The van der Waals surface area contributed by atoms with E-state index in [4.69, 9.17) is 5.73 Å². The summed E-state index contributed by atoms with van der Waals surface area (Å²) >= 11 is 0. The predicted octanol–water partition coefficient (Wildman–Crippen LogP) is 0.348. The van der Waals surface area contributed by atoms with E-state index in [0.717, 1.165) is 5.69 Å². The zero-order valence-electron chi connectivity index (χ0n) is 9.93. The molecular weight excluding hydrogens is 218 g/mol. The molecule has 17 heavy (non-hydrogen) atoms. The number of aromatic nitrogens is 1. The summed E-state index contributed by atoms with van der Waals surface area (Å²) in [5, 5.41) is 0. The van der Waals surface area contributed by atoms with E-state index in [1.165, 1.54) is 0 Å². The molecule has 5 heteroatoms. The third kappa shape index (κ3) is 4.63. The summed E-state index contributed by atoms with van der Waals surface area (Å²) in [5.74, 6) is -0.429. The Hall–Kier alpha value is -1.91. The Morgan fingerprint density at radius 2 is 2.18 bits per heavy atom. The molecule has 1 aromatic rings. The Morgan fingerprint density at radius 1 is 1.41 bits per heavy atom. The van der Waals surface area contributed by atoms with E-state index in [9.17, 15) is 9.59 Å². The summed E-state index contributed by atoms with van der Waals surface area (Å²) in [7, 11) is 0. The predicted molar refractivity (Wildman–Crippen MR) is 64.0 cm³/mol. The van der Waals surface area contributed by atoms with Crippen molar-refractivity contribution in [3.05, 3.63) is 30.1 Å². The Labute approximate surface area is 101 Å². The van der Waals surface area contributed by atoms with Crippen LogP contribution in [0.2, 0.25) is 0 Å². The maximum Gasteiger partial charge on any atom is 0.228 e. The largest absolute Gasteiger partial charge is 0.370 e. The standard InChI is InChI=1S/C12H17N3O2/c1-2-15(8-6-11(13)16)12(17)9-10-5-3-4-7-14-10/h3-5,7H,2,6,8-9H2,1H3,(H2,13,16). The smallest absolute Gasteiger partial charge is 0.228 e. The van der Waals surface area contributed by atoms with Crippen molar-refractivity contribution in [3.8, 4) is 0 Å². The molecule has 0 aromatic carbocycles. The molecule has 0 aliphatic carbocycles. The minimum Gasteiger partial charge on any atom is -0.370 e. The fourth-order valence-electron chi connectivity index (χ4n) is 1.47. The van der Waals surface area contributed by atoms with Crippen LogP contribution in [-0.2, 0) is 16.0 Å². The average Bonchev–Trinajstić information content (AvgIpc) is 2.30. The first-order valence-corrected chi connectivity index (χ1v) is 5.59. The van der Waals surface area contributed by atoms with E-state index < -0.39 is 5.91 Å². The SMILES string of the molecule is CCN(CCC(N)=O)C(=O)Cc1ccccn1. The average molecular weight is 235 g/mol. The number of pyridine rings is 1. The molecule has 0 spiro atoms. The fourth-order valence-corrected chi connectivity index (χ4v) is 1.47. The molecule has 0 bridgehead atoms. The number of likely N-dealkylation sites (N-methyl/N-ethyl adjacent to an activating group) is 1. The molecule has 0 unspecified atom stereocenters. The van der Waals surface area contributed by atoms with Crippen LogP contribution >= 0.6 is 0 Å². The molecule has 0 fully saturated rings. The van der Waals surface area contributed by atoms with Crippen LogP contribution in [0.25, 0.3) is 0 Å². The Kier molecular flexibility index (Phi) is 5.13. The van der Waals surface area contributed by atoms with Gasteiger partial charge in [-0.1, -0.05) is 6.07 Å². The fraction of sp³-hybridized carbons (Fsp3) is 0.417. The summed E-state index contributed by atoms with van der Waals surface area (Å²) in [5.41, 5.74) is 5.79. The lowest BCUT2D eigenvalue weighted by Gasteiger charge is -2.19. The molecule has 0 aliphatic heterocycles. The van der Waals surface area contributed by atoms with Gasteiger partial charge in [-0.3, -0.25) is 14.6 Å². The minimum atomic E-state index is -0.394. The zero-order chi connectivity index (χ0) is 12.7. The van der Waals surface area contributed by atoms with E-state index in [1.54, 1.807) is 23.2 Å². The topological polar surface area (TPSA) is 76.3 Å². The second kappa shape index (κ2) is 6.62. The van der Waals surface area contributed by atoms with Crippen LogP contribution in [-0.4, -0.2) is 34.8 Å². The first kappa shape index (κ1) is 13.2. The molecule has 1 aromatic heterocycles. The lowest BCUT2D eigenvalue weighted by Crippen LogP contribution is -2.35. The maximum atomic E-state index is 11.9. The second-order valence-electron chi connectivity index (χ2n) is 3.69. The van der Waals surface area contributed by atoms with E-state index >= 15 is 0 Å². The molecule has 2 N–H and O–H groups in total. The van der Waals surface area contributed by atoms with Gasteiger partial charge in [-0.2, -0.15) is 0 Å². The lowest BCUT2D eigenvalue weighted by atomic mass is 10.2. The summed E-state index contributed by atoms with van der Waals surface area (Å²) < 4.78 is 0. The van der Waals surface area contributed by atoms with Gasteiger partial charge in [0.1, 0.15) is 0 Å².